The van der Waals surface area contributed by atoms with Crippen LogP contribution in [0.15, 0.2) is 84.5 Å². The number of allylic oxidation sites excluding steroid dienone is 1. The van der Waals surface area contributed by atoms with Crippen molar-refractivity contribution < 1.29 is 23.6 Å². The lowest BCUT2D eigenvalue weighted by Gasteiger charge is -2.26. The van der Waals surface area contributed by atoms with E-state index in [2.05, 4.69) is 15.9 Å². The number of benzene rings is 2. The first-order chi connectivity index (χ1) is 20.2. The zero-order chi connectivity index (χ0) is 30.0. The molecule has 2 aromatic carbocycles. The van der Waals surface area contributed by atoms with E-state index in [4.69, 9.17) is 18.9 Å². The number of furan rings is 1. The molecule has 3 heterocycles. The third kappa shape index (κ3) is 5.59. The molecule has 1 atom stereocenters. The van der Waals surface area contributed by atoms with Gasteiger partial charge in [0.1, 0.15) is 17.3 Å². The normalized spacial score (nSPS) is 14.9. The van der Waals surface area contributed by atoms with Crippen molar-refractivity contribution in [1.29, 1.82) is 0 Å². The highest BCUT2D eigenvalue weighted by Gasteiger charge is 2.34. The van der Waals surface area contributed by atoms with E-state index in [0.717, 1.165) is 6.42 Å². The van der Waals surface area contributed by atoms with Crippen LogP contribution in [0.2, 0.25) is 0 Å². The average Bonchev–Trinajstić information content (AvgIpc) is 3.57. The molecule has 0 saturated heterocycles. The molecule has 0 saturated carbocycles. The van der Waals surface area contributed by atoms with Crippen LogP contribution >= 0.6 is 27.3 Å². The molecule has 1 aliphatic heterocycles. The Labute approximate surface area is 252 Å². The van der Waals surface area contributed by atoms with Crippen molar-refractivity contribution in [3.05, 3.63) is 111 Å². The molecular weight excluding hydrogens is 626 g/mol. The summed E-state index contributed by atoms with van der Waals surface area (Å²) in [5, 5.41) is 11.0. The molecule has 10 nitrogen and oxygen atoms in total. The first-order valence-electron chi connectivity index (χ1n) is 13.2. The van der Waals surface area contributed by atoms with Gasteiger partial charge in [0, 0.05) is 23.8 Å². The zero-order valence-electron chi connectivity index (χ0n) is 23.0. The summed E-state index contributed by atoms with van der Waals surface area (Å²) < 4.78 is 19.4. The molecule has 1 unspecified atom stereocenters. The fourth-order valence-corrected chi connectivity index (χ4v) is 6.31. The van der Waals surface area contributed by atoms with E-state index in [9.17, 15) is 19.7 Å². The number of hydrogen-bond acceptors (Lipinski definition) is 9. The van der Waals surface area contributed by atoms with Crippen LogP contribution in [0.5, 0.6) is 5.75 Å². The molecule has 12 heteroatoms. The highest BCUT2D eigenvalue weighted by Crippen LogP contribution is 2.36. The van der Waals surface area contributed by atoms with Crippen molar-refractivity contribution >= 4 is 45.0 Å². The number of nitro benzene ring substituents is 1. The molecule has 0 aliphatic carbocycles. The second-order valence-electron chi connectivity index (χ2n) is 9.31. The molecule has 216 valence electrons. The topological polar surface area (TPSA) is 126 Å². The molecular formula is C30H26BrN3O7S. The monoisotopic (exact) mass is 651 g/mol. The Morgan fingerprint density at radius 3 is 2.60 bits per heavy atom. The van der Waals surface area contributed by atoms with E-state index >= 15 is 0 Å². The SMILES string of the molecule is CCCC1=C(C(=O)OCC)C(c2ccc(OC)c(Br)c2)n2c(s/c(=C\c3ccc(-c4ccc([N+](=O)[O-])cc4)o3)c2=O)=N1. The summed E-state index contributed by atoms with van der Waals surface area (Å²) in [7, 11) is 1.56. The molecule has 0 spiro atoms. The van der Waals surface area contributed by atoms with Crippen LogP contribution in [0.1, 0.15) is 44.1 Å². The molecule has 0 radical (unpaired) electrons. The Hall–Kier alpha value is -4.29. The van der Waals surface area contributed by atoms with Crippen LogP contribution in [0, 0.1) is 10.1 Å². The van der Waals surface area contributed by atoms with Gasteiger partial charge in [0.2, 0.25) is 0 Å². The molecule has 5 rings (SSSR count). The number of nitro groups is 1. The molecule has 0 N–H and O–H groups in total. The number of hydrogen-bond donors (Lipinski definition) is 0. The first kappa shape index (κ1) is 29.2. The summed E-state index contributed by atoms with van der Waals surface area (Å²) in [5.41, 5.74) is 1.92. The van der Waals surface area contributed by atoms with Crippen molar-refractivity contribution in [2.45, 2.75) is 32.7 Å². The quantitative estimate of drug-likeness (QED) is 0.133. The van der Waals surface area contributed by atoms with Gasteiger partial charge in [0.25, 0.3) is 11.2 Å². The molecule has 1 aliphatic rings. The maximum Gasteiger partial charge on any atom is 0.338 e. The lowest BCUT2D eigenvalue weighted by atomic mass is 9.94. The van der Waals surface area contributed by atoms with Crippen molar-refractivity contribution in [2.24, 2.45) is 4.99 Å². The van der Waals surface area contributed by atoms with Crippen LogP contribution in [0.25, 0.3) is 17.4 Å². The van der Waals surface area contributed by atoms with Gasteiger partial charge in [0.15, 0.2) is 4.80 Å². The zero-order valence-corrected chi connectivity index (χ0v) is 25.4. The van der Waals surface area contributed by atoms with Crippen molar-refractivity contribution in [3.63, 3.8) is 0 Å². The van der Waals surface area contributed by atoms with Gasteiger partial charge in [-0.15, -0.1) is 0 Å². The maximum absolute atomic E-state index is 13.9. The smallest absolute Gasteiger partial charge is 0.338 e. The number of thiazole rings is 1. The lowest BCUT2D eigenvalue weighted by Crippen LogP contribution is -2.40. The van der Waals surface area contributed by atoms with Gasteiger partial charge in [-0.3, -0.25) is 19.5 Å². The predicted molar refractivity (Wildman–Crippen MR) is 161 cm³/mol. The molecule has 42 heavy (non-hydrogen) atoms. The van der Waals surface area contributed by atoms with Gasteiger partial charge in [-0.1, -0.05) is 30.7 Å². The fraction of sp³-hybridized carbons (Fsp3) is 0.233. The molecule has 0 bridgehead atoms. The number of halogens is 1. The minimum atomic E-state index is -0.765. The Bertz CT molecular complexity index is 1890. The van der Waals surface area contributed by atoms with E-state index in [1.54, 1.807) is 50.4 Å². The standard InChI is InChI=1S/C30H26BrN3O7S/c1-4-6-22-26(29(36)40-5-2)27(18-9-13-24(39-3)21(31)15-18)33-28(35)25(42-30(33)32-22)16-20-12-14-23(41-20)17-7-10-19(11-8-17)34(37)38/h7-16,27H,4-6H2,1-3H3/b25-16-. The van der Waals surface area contributed by atoms with E-state index in [1.807, 2.05) is 19.1 Å². The molecule has 0 amide bonds. The highest BCUT2D eigenvalue weighted by molar-refractivity contribution is 9.10. The summed E-state index contributed by atoms with van der Waals surface area (Å²) >= 11 is 4.74. The van der Waals surface area contributed by atoms with Gasteiger partial charge >= 0.3 is 5.97 Å². The van der Waals surface area contributed by atoms with Gasteiger partial charge in [-0.25, -0.2) is 9.79 Å². The van der Waals surface area contributed by atoms with Crippen LogP contribution in [-0.4, -0.2) is 29.2 Å². The molecule has 4 aromatic rings. The summed E-state index contributed by atoms with van der Waals surface area (Å²) in [4.78, 5) is 43.0. The number of methoxy groups -OCH3 is 1. The Morgan fingerprint density at radius 1 is 1.19 bits per heavy atom. The largest absolute Gasteiger partial charge is 0.496 e. The van der Waals surface area contributed by atoms with Crippen molar-refractivity contribution in [1.82, 2.24) is 4.57 Å². The summed E-state index contributed by atoms with van der Waals surface area (Å²) in [6, 6.07) is 14.1. The summed E-state index contributed by atoms with van der Waals surface area (Å²) in [6.07, 6.45) is 2.91. The van der Waals surface area contributed by atoms with Gasteiger partial charge in [-0.05, 0) is 71.2 Å². The fourth-order valence-electron chi connectivity index (χ4n) is 4.75. The van der Waals surface area contributed by atoms with Crippen molar-refractivity contribution in [2.75, 3.05) is 13.7 Å². The molecule has 2 aromatic heterocycles. The average molecular weight is 653 g/mol. The minimum absolute atomic E-state index is 0.0188. The Kier molecular flexibility index (Phi) is 8.55. The third-order valence-electron chi connectivity index (χ3n) is 6.65. The van der Waals surface area contributed by atoms with Crippen LogP contribution in [0.4, 0.5) is 5.69 Å². The number of fused-ring (bicyclic) bond motifs is 1. The number of esters is 1. The van der Waals surface area contributed by atoms with E-state index in [0.29, 0.717) is 59.9 Å². The van der Waals surface area contributed by atoms with Crippen molar-refractivity contribution in [3.8, 4) is 17.1 Å². The number of non-ortho nitro benzene ring substituents is 1. The van der Waals surface area contributed by atoms with Gasteiger partial charge in [-0.2, -0.15) is 0 Å². The number of carbonyl (C=O) groups excluding carboxylic acids is 1. The minimum Gasteiger partial charge on any atom is -0.496 e. The second kappa shape index (κ2) is 12.3. The second-order valence-corrected chi connectivity index (χ2v) is 11.2. The number of rotatable bonds is 9. The van der Waals surface area contributed by atoms with Crippen LogP contribution in [-0.2, 0) is 9.53 Å². The maximum atomic E-state index is 13.9. The highest BCUT2D eigenvalue weighted by atomic mass is 79.9. The van der Waals surface area contributed by atoms with Gasteiger partial charge < -0.3 is 13.9 Å². The van der Waals surface area contributed by atoms with E-state index in [1.165, 1.54) is 28.0 Å². The predicted octanol–water partition coefficient (Wildman–Crippen LogP) is 5.52. The number of ether oxygens (including phenoxy) is 2. The number of nitrogens with zero attached hydrogens (tertiary/aromatic N) is 3. The number of aromatic nitrogens is 1. The first-order valence-corrected chi connectivity index (χ1v) is 14.8. The Morgan fingerprint density at radius 2 is 1.95 bits per heavy atom. The van der Waals surface area contributed by atoms with E-state index < -0.39 is 16.9 Å². The summed E-state index contributed by atoms with van der Waals surface area (Å²) in [6.45, 7) is 3.92. The van der Waals surface area contributed by atoms with E-state index in [-0.39, 0.29) is 17.9 Å². The Balaban J connectivity index is 1.64. The van der Waals surface area contributed by atoms with Crippen LogP contribution < -0.4 is 19.6 Å². The molecule has 0 fully saturated rings. The third-order valence-corrected chi connectivity index (χ3v) is 8.25. The van der Waals surface area contributed by atoms with Gasteiger partial charge in [0.05, 0.1) is 45.0 Å². The lowest BCUT2D eigenvalue weighted by molar-refractivity contribution is -0.384. The summed E-state index contributed by atoms with van der Waals surface area (Å²) in [5.74, 6) is 1.02. The number of carbonyl (C=O) groups is 1. The van der Waals surface area contributed by atoms with Crippen LogP contribution in [0.3, 0.4) is 0 Å².